The van der Waals surface area contributed by atoms with Gasteiger partial charge in [-0.25, -0.2) is 4.39 Å². The zero-order valence-corrected chi connectivity index (χ0v) is 12.1. The maximum absolute atomic E-state index is 12.9. The maximum atomic E-state index is 12.9. The van der Waals surface area contributed by atoms with E-state index in [1.54, 1.807) is 0 Å². The molecule has 2 rings (SSSR count). The first-order chi connectivity index (χ1) is 9.04. The van der Waals surface area contributed by atoms with E-state index in [1.165, 1.54) is 29.5 Å². The lowest BCUT2D eigenvalue weighted by Crippen LogP contribution is -2.21. The molecule has 0 atom stereocenters. The Labute approximate surface area is 119 Å². The van der Waals surface area contributed by atoms with Crippen LogP contribution in [-0.2, 0) is 6.54 Å². The quantitative estimate of drug-likeness (QED) is 0.916. The van der Waals surface area contributed by atoms with Gasteiger partial charge in [-0.2, -0.15) is 0 Å². The molecule has 0 amide bonds. The van der Waals surface area contributed by atoms with E-state index in [0.29, 0.717) is 23.5 Å². The van der Waals surface area contributed by atoms with Gasteiger partial charge in [0.25, 0.3) is 5.19 Å². The highest BCUT2D eigenvalue weighted by Crippen LogP contribution is 2.31. The van der Waals surface area contributed by atoms with Gasteiger partial charge in [0, 0.05) is 6.04 Å². The molecule has 0 aliphatic carbocycles. The molecule has 2 aromatic rings. The van der Waals surface area contributed by atoms with Crippen LogP contribution in [0.25, 0.3) is 0 Å². The van der Waals surface area contributed by atoms with E-state index < -0.39 is 5.82 Å². The van der Waals surface area contributed by atoms with Gasteiger partial charge < -0.3 is 10.1 Å². The lowest BCUT2D eigenvalue weighted by molar-refractivity contribution is 0.471. The average Bonchev–Trinajstić information content (AvgIpc) is 2.78. The fourth-order valence-electron chi connectivity index (χ4n) is 1.29. The van der Waals surface area contributed by atoms with Crippen molar-refractivity contribution in [3.8, 4) is 10.9 Å². The molecule has 102 valence electrons. The molecule has 1 N–H and O–H groups in total. The molecule has 0 aliphatic heterocycles. The molecule has 0 aliphatic rings. The summed E-state index contributed by atoms with van der Waals surface area (Å²) in [6.45, 7) is 4.74. The highest BCUT2D eigenvalue weighted by Gasteiger charge is 2.09. The molecule has 0 fully saturated rings. The van der Waals surface area contributed by atoms with Crippen molar-refractivity contribution >= 4 is 22.9 Å². The minimum atomic E-state index is -0.406. The predicted molar refractivity (Wildman–Crippen MR) is 73.4 cm³/mol. The Morgan fingerprint density at radius 2 is 2.21 bits per heavy atom. The second-order valence-electron chi connectivity index (χ2n) is 4.17. The Balaban J connectivity index is 2.03. The van der Waals surface area contributed by atoms with Crippen LogP contribution < -0.4 is 10.1 Å². The minimum absolute atomic E-state index is 0.206. The van der Waals surface area contributed by atoms with Gasteiger partial charge >= 0.3 is 0 Å². The highest BCUT2D eigenvalue weighted by molar-refractivity contribution is 7.13. The third kappa shape index (κ3) is 4.12. The summed E-state index contributed by atoms with van der Waals surface area (Å²) in [5, 5.41) is 12.5. The zero-order chi connectivity index (χ0) is 13.8. The van der Waals surface area contributed by atoms with E-state index in [1.807, 2.05) is 0 Å². The van der Waals surface area contributed by atoms with Crippen LogP contribution in [0.4, 0.5) is 4.39 Å². The molecule has 4 nitrogen and oxygen atoms in total. The number of halogens is 2. The van der Waals surface area contributed by atoms with Gasteiger partial charge in [0.1, 0.15) is 16.6 Å². The van der Waals surface area contributed by atoms with Crippen LogP contribution in [0.5, 0.6) is 10.9 Å². The first-order valence-electron chi connectivity index (χ1n) is 5.73. The number of hydrogen-bond donors (Lipinski definition) is 1. The van der Waals surface area contributed by atoms with Crippen LogP contribution in [0.1, 0.15) is 18.9 Å². The van der Waals surface area contributed by atoms with Crippen molar-refractivity contribution in [1.82, 2.24) is 15.5 Å². The van der Waals surface area contributed by atoms with Crippen LogP contribution in [0.15, 0.2) is 18.2 Å². The van der Waals surface area contributed by atoms with Gasteiger partial charge in [-0.1, -0.05) is 41.9 Å². The average molecular weight is 302 g/mol. The lowest BCUT2D eigenvalue weighted by atomic mass is 10.3. The number of aromatic nitrogens is 2. The largest absolute Gasteiger partial charge is 0.428 e. The molecule has 0 saturated carbocycles. The highest BCUT2D eigenvalue weighted by atomic mass is 35.5. The first-order valence-corrected chi connectivity index (χ1v) is 6.92. The molecule has 7 heteroatoms. The third-order valence-corrected chi connectivity index (χ3v) is 3.30. The second-order valence-corrected chi connectivity index (χ2v) is 5.61. The first kappa shape index (κ1) is 14.2. The van der Waals surface area contributed by atoms with E-state index in [9.17, 15) is 4.39 Å². The molecule has 0 radical (unpaired) electrons. The summed E-state index contributed by atoms with van der Waals surface area (Å²) < 4.78 is 18.4. The van der Waals surface area contributed by atoms with Crippen LogP contribution in [-0.4, -0.2) is 16.2 Å². The van der Waals surface area contributed by atoms with Gasteiger partial charge in [-0.3, -0.25) is 0 Å². The normalized spacial score (nSPS) is 11.0. The molecule has 1 aromatic carbocycles. The Morgan fingerprint density at radius 3 is 2.89 bits per heavy atom. The molecule has 0 spiro atoms. The molecular weight excluding hydrogens is 289 g/mol. The van der Waals surface area contributed by atoms with Gasteiger partial charge in [-0.05, 0) is 18.2 Å². The van der Waals surface area contributed by atoms with E-state index in [0.717, 1.165) is 5.01 Å². The number of nitrogens with one attached hydrogen (secondary N) is 1. The maximum Gasteiger partial charge on any atom is 0.299 e. The summed E-state index contributed by atoms with van der Waals surface area (Å²) in [5.41, 5.74) is 0. The summed E-state index contributed by atoms with van der Waals surface area (Å²) in [6, 6.07) is 4.31. The number of ether oxygens (including phenoxy) is 1. The number of hydrogen-bond acceptors (Lipinski definition) is 5. The predicted octanol–water partition coefficient (Wildman–Crippen LogP) is 3.62. The van der Waals surface area contributed by atoms with E-state index in [2.05, 4.69) is 29.4 Å². The van der Waals surface area contributed by atoms with Crippen molar-refractivity contribution < 1.29 is 9.13 Å². The van der Waals surface area contributed by atoms with E-state index in [4.69, 9.17) is 16.3 Å². The van der Waals surface area contributed by atoms with Crippen molar-refractivity contribution in [3.05, 3.63) is 34.0 Å². The van der Waals surface area contributed by atoms with Crippen LogP contribution in [0, 0.1) is 5.82 Å². The Morgan fingerprint density at radius 1 is 1.42 bits per heavy atom. The summed E-state index contributed by atoms with van der Waals surface area (Å²) in [5.74, 6) is -0.0426. The van der Waals surface area contributed by atoms with Crippen molar-refractivity contribution in [1.29, 1.82) is 0 Å². The Bertz CT molecular complexity index is 562. The molecular formula is C12H13ClFN3OS. The topological polar surface area (TPSA) is 47.0 Å². The SMILES string of the molecule is CC(C)NCc1nnc(Oc2ccc(F)cc2Cl)s1. The molecule has 1 aromatic heterocycles. The fraction of sp³-hybridized carbons (Fsp3) is 0.333. The van der Waals surface area contributed by atoms with Crippen LogP contribution in [0.3, 0.4) is 0 Å². The summed E-state index contributed by atoms with van der Waals surface area (Å²) >= 11 is 7.19. The second kappa shape index (κ2) is 6.27. The molecule has 1 heterocycles. The lowest BCUT2D eigenvalue weighted by Gasteiger charge is -2.04. The van der Waals surface area contributed by atoms with E-state index in [-0.39, 0.29) is 5.02 Å². The number of benzene rings is 1. The fourth-order valence-corrected chi connectivity index (χ4v) is 2.15. The molecule has 0 saturated heterocycles. The Hall–Kier alpha value is -1.24. The van der Waals surface area contributed by atoms with Crippen LogP contribution in [0.2, 0.25) is 5.02 Å². The molecule has 0 bridgehead atoms. The van der Waals surface area contributed by atoms with Crippen LogP contribution >= 0.6 is 22.9 Å². The van der Waals surface area contributed by atoms with Crippen molar-refractivity contribution in [3.63, 3.8) is 0 Å². The van der Waals surface area contributed by atoms with Crippen molar-refractivity contribution in [2.45, 2.75) is 26.4 Å². The van der Waals surface area contributed by atoms with E-state index >= 15 is 0 Å². The minimum Gasteiger partial charge on any atom is -0.428 e. The molecule has 0 unspecified atom stereocenters. The van der Waals surface area contributed by atoms with Gasteiger partial charge in [0.15, 0.2) is 0 Å². The Kier molecular flexibility index (Phi) is 4.68. The summed E-state index contributed by atoms with van der Waals surface area (Å²) in [6.07, 6.45) is 0. The number of nitrogens with zero attached hydrogens (tertiary/aromatic N) is 2. The zero-order valence-electron chi connectivity index (χ0n) is 10.5. The summed E-state index contributed by atoms with van der Waals surface area (Å²) in [4.78, 5) is 0. The number of rotatable bonds is 5. The van der Waals surface area contributed by atoms with Gasteiger partial charge in [-0.15, -0.1) is 5.10 Å². The summed E-state index contributed by atoms with van der Waals surface area (Å²) in [7, 11) is 0. The van der Waals surface area contributed by atoms with Crippen molar-refractivity contribution in [2.75, 3.05) is 0 Å². The molecule has 19 heavy (non-hydrogen) atoms. The monoisotopic (exact) mass is 301 g/mol. The standard InChI is InChI=1S/C12H13ClFN3OS/c1-7(2)15-6-11-16-17-12(19-11)18-10-4-3-8(14)5-9(10)13/h3-5,7,15H,6H2,1-2H3. The van der Waals surface area contributed by atoms with Crippen molar-refractivity contribution in [2.24, 2.45) is 0 Å². The smallest absolute Gasteiger partial charge is 0.299 e. The van der Waals surface area contributed by atoms with Gasteiger partial charge in [0.2, 0.25) is 0 Å². The third-order valence-electron chi connectivity index (χ3n) is 2.20. The van der Waals surface area contributed by atoms with Gasteiger partial charge in [0.05, 0.1) is 11.6 Å².